The van der Waals surface area contributed by atoms with Gasteiger partial charge in [0.05, 0.1) is 17.9 Å². The Hall–Kier alpha value is -2.30. The van der Waals surface area contributed by atoms with Crippen molar-refractivity contribution in [2.45, 2.75) is 13.5 Å². The number of benzene rings is 1. The summed E-state index contributed by atoms with van der Waals surface area (Å²) >= 11 is 0. The van der Waals surface area contributed by atoms with Crippen LogP contribution in [0.25, 0.3) is 0 Å². The van der Waals surface area contributed by atoms with Crippen LogP contribution in [0, 0.1) is 12.3 Å². The molecule has 0 aliphatic carbocycles. The number of nitrogens with two attached hydrogens (primary N) is 1. The number of rotatable bonds is 4. The summed E-state index contributed by atoms with van der Waals surface area (Å²) in [6.45, 7) is 2.70. The van der Waals surface area contributed by atoms with Crippen LogP contribution >= 0.6 is 0 Å². The molecule has 0 atom stereocenters. The first kappa shape index (κ1) is 13.1. The summed E-state index contributed by atoms with van der Waals surface area (Å²) in [6.07, 6.45) is 0. The highest BCUT2D eigenvalue weighted by molar-refractivity contribution is 6.00. The van der Waals surface area contributed by atoms with Crippen LogP contribution in [-0.4, -0.2) is 22.7 Å². The van der Waals surface area contributed by atoms with Crippen molar-refractivity contribution in [1.29, 1.82) is 5.41 Å². The van der Waals surface area contributed by atoms with Gasteiger partial charge in [-0.1, -0.05) is 12.1 Å². The van der Waals surface area contributed by atoms with Crippen molar-refractivity contribution in [3.8, 4) is 0 Å². The minimum Gasteiger partial charge on any atom is -0.384 e. The molecule has 2 rings (SSSR count). The van der Waals surface area contributed by atoms with E-state index in [1.165, 1.54) is 0 Å². The van der Waals surface area contributed by atoms with Crippen molar-refractivity contribution in [1.82, 2.24) is 9.78 Å². The minimum absolute atomic E-state index is 0.0867. The fraction of sp³-hybridized carbons (Fsp3) is 0.286. The molecule has 0 aliphatic heterocycles. The van der Waals surface area contributed by atoms with Crippen LogP contribution in [0.3, 0.4) is 0 Å². The monoisotopic (exact) mass is 257 g/mol. The largest absolute Gasteiger partial charge is 0.384 e. The summed E-state index contributed by atoms with van der Waals surface area (Å²) in [5.41, 5.74) is 9.45. The Bertz CT molecular complexity index is 600. The molecule has 1 aromatic heterocycles. The predicted molar refractivity (Wildman–Crippen MR) is 77.5 cm³/mol. The van der Waals surface area contributed by atoms with Crippen molar-refractivity contribution in [3.05, 3.63) is 47.3 Å². The highest BCUT2D eigenvalue weighted by Crippen LogP contribution is 2.20. The van der Waals surface area contributed by atoms with Crippen LogP contribution < -0.4 is 10.6 Å². The Balaban J connectivity index is 2.27. The van der Waals surface area contributed by atoms with E-state index in [9.17, 15) is 0 Å². The molecule has 0 spiro atoms. The van der Waals surface area contributed by atoms with Gasteiger partial charge in [-0.15, -0.1) is 0 Å². The van der Waals surface area contributed by atoms with Crippen molar-refractivity contribution >= 4 is 11.5 Å². The van der Waals surface area contributed by atoms with Crippen LogP contribution in [0.1, 0.15) is 17.0 Å². The number of aromatic nitrogens is 2. The molecule has 100 valence electrons. The van der Waals surface area contributed by atoms with E-state index < -0.39 is 0 Å². The van der Waals surface area contributed by atoms with E-state index in [1.807, 2.05) is 50.0 Å². The SMILES string of the molecule is Cc1cc(CN(C)c2ccccc2C(=N)N)n(C)n1. The van der Waals surface area contributed by atoms with Gasteiger partial charge < -0.3 is 10.6 Å². The van der Waals surface area contributed by atoms with Gasteiger partial charge in [0.1, 0.15) is 5.84 Å². The predicted octanol–water partition coefficient (Wildman–Crippen LogP) is 1.65. The van der Waals surface area contributed by atoms with Crippen LogP contribution in [0.2, 0.25) is 0 Å². The van der Waals surface area contributed by atoms with Gasteiger partial charge in [-0.3, -0.25) is 10.1 Å². The highest BCUT2D eigenvalue weighted by atomic mass is 15.3. The number of amidine groups is 1. The summed E-state index contributed by atoms with van der Waals surface area (Å²) in [4.78, 5) is 2.08. The van der Waals surface area contributed by atoms with Crippen LogP contribution in [0.4, 0.5) is 5.69 Å². The number of nitrogen functional groups attached to an aromatic ring is 1. The molecular formula is C14H19N5. The number of anilines is 1. The second kappa shape index (κ2) is 5.14. The second-order valence-corrected chi connectivity index (χ2v) is 4.69. The number of para-hydroxylation sites is 1. The van der Waals surface area contributed by atoms with Crippen LogP contribution in [0.15, 0.2) is 30.3 Å². The van der Waals surface area contributed by atoms with Gasteiger partial charge >= 0.3 is 0 Å². The lowest BCUT2D eigenvalue weighted by Gasteiger charge is -2.22. The zero-order valence-corrected chi connectivity index (χ0v) is 11.5. The molecule has 0 radical (unpaired) electrons. The number of hydrogen-bond donors (Lipinski definition) is 2. The smallest absolute Gasteiger partial charge is 0.124 e. The van der Waals surface area contributed by atoms with E-state index in [0.717, 1.165) is 29.2 Å². The summed E-state index contributed by atoms with van der Waals surface area (Å²) < 4.78 is 1.88. The van der Waals surface area contributed by atoms with Gasteiger partial charge in [-0.2, -0.15) is 5.10 Å². The van der Waals surface area contributed by atoms with E-state index >= 15 is 0 Å². The highest BCUT2D eigenvalue weighted by Gasteiger charge is 2.11. The molecule has 5 heteroatoms. The van der Waals surface area contributed by atoms with Gasteiger partial charge in [-0.05, 0) is 25.1 Å². The summed E-state index contributed by atoms with van der Waals surface area (Å²) in [7, 11) is 3.93. The lowest BCUT2D eigenvalue weighted by molar-refractivity contribution is 0.694. The van der Waals surface area contributed by atoms with Crippen molar-refractivity contribution in [2.75, 3.05) is 11.9 Å². The van der Waals surface area contributed by atoms with E-state index in [1.54, 1.807) is 0 Å². The lowest BCUT2D eigenvalue weighted by Crippen LogP contribution is -2.23. The Labute approximate surface area is 113 Å². The third-order valence-corrected chi connectivity index (χ3v) is 3.10. The molecule has 1 aromatic carbocycles. The molecule has 0 saturated carbocycles. The standard InChI is InChI=1S/C14H19N5/c1-10-8-11(19(3)17-10)9-18(2)13-7-5-4-6-12(13)14(15)16/h4-8H,9H2,1-3H3,(H3,15,16). The first-order chi connectivity index (χ1) is 8.99. The first-order valence-electron chi connectivity index (χ1n) is 6.13. The van der Waals surface area contributed by atoms with Crippen LogP contribution in [0.5, 0.6) is 0 Å². The molecule has 2 aromatic rings. The molecule has 1 heterocycles. The van der Waals surface area contributed by atoms with E-state index in [4.69, 9.17) is 11.1 Å². The van der Waals surface area contributed by atoms with Crippen molar-refractivity contribution in [3.63, 3.8) is 0 Å². The topological polar surface area (TPSA) is 70.9 Å². The molecule has 0 amide bonds. The summed E-state index contributed by atoms with van der Waals surface area (Å²) in [5, 5.41) is 12.0. The molecule has 0 saturated heterocycles. The molecular weight excluding hydrogens is 238 g/mol. The van der Waals surface area contributed by atoms with Gasteiger partial charge in [0, 0.05) is 25.3 Å². The zero-order chi connectivity index (χ0) is 14.0. The summed E-state index contributed by atoms with van der Waals surface area (Å²) in [5.74, 6) is 0.0867. The fourth-order valence-corrected chi connectivity index (χ4v) is 2.17. The van der Waals surface area contributed by atoms with E-state index in [0.29, 0.717) is 0 Å². The fourth-order valence-electron chi connectivity index (χ4n) is 2.17. The number of nitrogens with one attached hydrogen (secondary N) is 1. The average Bonchev–Trinajstić information content (AvgIpc) is 2.67. The molecule has 19 heavy (non-hydrogen) atoms. The molecule has 3 N–H and O–H groups in total. The summed E-state index contributed by atoms with van der Waals surface area (Å²) in [6, 6.07) is 9.74. The molecule has 5 nitrogen and oxygen atoms in total. The van der Waals surface area contributed by atoms with Gasteiger partial charge in [0.2, 0.25) is 0 Å². The number of hydrogen-bond acceptors (Lipinski definition) is 3. The van der Waals surface area contributed by atoms with Gasteiger partial charge in [0.25, 0.3) is 0 Å². The third kappa shape index (κ3) is 2.76. The Morgan fingerprint density at radius 2 is 2.11 bits per heavy atom. The molecule has 0 bridgehead atoms. The normalized spacial score (nSPS) is 10.5. The van der Waals surface area contributed by atoms with Gasteiger partial charge in [0.15, 0.2) is 0 Å². The molecule has 0 aliphatic rings. The van der Waals surface area contributed by atoms with Crippen molar-refractivity contribution < 1.29 is 0 Å². The average molecular weight is 257 g/mol. The number of nitrogens with zero attached hydrogens (tertiary/aromatic N) is 3. The Kier molecular flexibility index (Phi) is 3.55. The molecule has 0 fully saturated rings. The molecule has 0 unspecified atom stereocenters. The maximum absolute atomic E-state index is 7.63. The van der Waals surface area contributed by atoms with E-state index in [2.05, 4.69) is 16.1 Å². The van der Waals surface area contributed by atoms with Gasteiger partial charge in [-0.25, -0.2) is 0 Å². The Morgan fingerprint density at radius 3 is 2.68 bits per heavy atom. The minimum atomic E-state index is 0.0867. The maximum Gasteiger partial charge on any atom is 0.124 e. The maximum atomic E-state index is 7.63. The second-order valence-electron chi connectivity index (χ2n) is 4.69. The first-order valence-corrected chi connectivity index (χ1v) is 6.13. The third-order valence-electron chi connectivity index (χ3n) is 3.10. The quantitative estimate of drug-likeness (QED) is 0.646. The van der Waals surface area contributed by atoms with Crippen molar-refractivity contribution in [2.24, 2.45) is 12.8 Å². The van der Waals surface area contributed by atoms with E-state index in [-0.39, 0.29) is 5.84 Å². The Morgan fingerprint density at radius 1 is 1.42 bits per heavy atom. The zero-order valence-electron chi connectivity index (χ0n) is 11.5. The number of aryl methyl sites for hydroxylation is 2. The van der Waals surface area contributed by atoms with Crippen LogP contribution in [-0.2, 0) is 13.6 Å². The lowest BCUT2D eigenvalue weighted by atomic mass is 10.1.